The molecule has 1 aromatic carbocycles. The van der Waals surface area contributed by atoms with E-state index in [1.807, 2.05) is 18.2 Å². The Bertz CT molecular complexity index is 1030. The number of nitrogens with zero attached hydrogens (tertiary/aromatic N) is 3. The second-order valence-corrected chi connectivity index (χ2v) is 6.31. The Morgan fingerprint density at radius 3 is 2.88 bits per heavy atom. The Morgan fingerprint density at radius 2 is 2.19 bits per heavy atom. The first-order valence-electron chi connectivity index (χ1n) is 7.32. The average molecular weight is 385 g/mol. The van der Waals surface area contributed by atoms with Gasteiger partial charge in [-0.05, 0) is 36.4 Å². The van der Waals surface area contributed by atoms with E-state index in [0.29, 0.717) is 16.4 Å². The zero-order valence-electron chi connectivity index (χ0n) is 13.1. The number of carbonyl (C=O) groups is 1. The Hall–Kier alpha value is -3.08. The molecular formula is C18H10ClFN4OS. The van der Waals surface area contributed by atoms with E-state index in [0.717, 1.165) is 6.07 Å². The molecule has 0 unspecified atom stereocenters. The Morgan fingerprint density at radius 1 is 1.35 bits per heavy atom. The molecular weight excluding hydrogens is 375 g/mol. The summed E-state index contributed by atoms with van der Waals surface area (Å²) in [5, 5.41) is 14.0. The number of rotatable bonds is 4. The Labute approximate surface area is 157 Å². The maximum absolute atomic E-state index is 13.2. The largest absolute Gasteiger partial charge is 0.321 e. The van der Waals surface area contributed by atoms with Gasteiger partial charge < -0.3 is 5.32 Å². The lowest BCUT2D eigenvalue weighted by molar-refractivity contribution is -0.112. The number of amides is 1. The average Bonchev–Trinajstić information content (AvgIpc) is 3.12. The van der Waals surface area contributed by atoms with E-state index in [9.17, 15) is 14.4 Å². The minimum atomic E-state index is -0.637. The van der Waals surface area contributed by atoms with Crippen molar-refractivity contribution in [3.05, 3.63) is 70.1 Å². The zero-order valence-corrected chi connectivity index (χ0v) is 14.7. The molecule has 0 saturated carbocycles. The van der Waals surface area contributed by atoms with E-state index in [1.54, 1.807) is 17.6 Å². The van der Waals surface area contributed by atoms with Crippen molar-refractivity contribution in [2.75, 3.05) is 5.32 Å². The third-order valence-electron chi connectivity index (χ3n) is 3.24. The standard InChI is InChI=1S/C18H10ClFN4OS/c19-14-8-12(4-5-15(14)20)23-17(25)11(9-21)7-13-10-26-18(24-13)16-3-1-2-6-22-16/h1-8,10H,(H,23,25). The molecule has 2 aromatic heterocycles. The highest BCUT2D eigenvalue weighted by molar-refractivity contribution is 7.13. The van der Waals surface area contributed by atoms with E-state index < -0.39 is 11.7 Å². The second-order valence-electron chi connectivity index (χ2n) is 5.05. The number of benzene rings is 1. The number of thiazole rings is 1. The van der Waals surface area contributed by atoms with Gasteiger partial charge >= 0.3 is 0 Å². The zero-order chi connectivity index (χ0) is 18.5. The maximum atomic E-state index is 13.2. The van der Waals surface area contributed by atoms with Gasteiger partial charge in [0.25, 0.3) is 5.91 Å². The fourth-order valence-electron chi connectivity index (χ4n) is 2.03. The summed E-state index contributed by atoms with van der Waals surface area (Å²) in [4.78, 5) is 20.8. The van der Waals surface area contributed by atoms with E-state index in [4.69, 9.17) is 11.6 Å². The van der Waals surface area contributed by atoms with Gasteiger partial charge in [0.1, 0.15) is 22.5 Å². The summed E-state index contributed by atoms with van der Waals surface area (Å²) in [6.45, 7) is 0. The smallest absolute Gasteiger partial charge is 0.266 e. The van der Waals surface area contributed by atoms with Crippen LogP contribution in [0.3, 0.4) is 0 Å². The van der Waals surface area contributed by atoms with Crippen molar-refractivity contribution in [1.82, 2.24) is 9.97 Å². The van der Waals surface area contributed by atoms with E-state index in [-0.39, 0.29) is 16.3 Å². The molecule has 128 valence electrons. The molecule has 3 rings (SSSR count). The second kappa shape index (κ2) is 7.87. The van der Waals surface area contributed by atoms with Gasteiger partial charge in [0.05, 0.1) is 16.4 Å². The van der Waals surface area contributed by atoms with Crippen molar-refractivity contribution in [1.29, 1.82) is 5.26 Å². The molecule has 0 atom stereocenters. The van der Waals surface area contributed by atoms with Crippen LogP contribution in [0, 0.1) is 17.1 Å². The number of nitrogens with one attached hydrogen (secondary N) is 1. The van der Waals surface area contributed by atoms with Gasteiger partial charge in [-0.1, -0.05) is 17.7 Å². The lowest BCUT2D eigenvalue weighted by atomic mass is 10.2. The first kappa shape index (κ1) is 17.7. The van der Waals surface area contributed by atoms with Crippen LogP contribution < -0.4 is 5.32 Å². The number of hydrogen-bond acceptors (Lipinski definition) is 5. The first-order valence-corrected chi connectivity index (χ1v) is 8.57. The maximum Gasteiger partial charge on any atom is 0.266 e. The quantitative estimate of drug-likeness (QED) is 0.529. The first-order chi connectivity index (χ1) is 12.6. The van der Waals surface area contributed by atoms with Crippen LogP contribution in [0.5, 0.6) is 0 Å². The summed E-state index contributed by atoms with van der Waals surface area (Å²) < 4.78 is 13.2. The van der Waals surface area contributed by atoms with Crippen LogP contribution in [0.4, 0.5) is 10.1 Å². The molecule has 8 heteroatoms. The highest BCUT2D eigenvalue weighted by Crippen LogP contribution is 2.23. The van der Waals surface area contributed by atoms with Crippen LogP contribution >= 0.6 is 22.9 Å². The minimum Gasteiger partial charge on any atom is -0.321 e. The number of nitriles is 1. The summed E-state index contributed by atoms with van der Waals surface area (Å²) in [5.74, 6) is -1.23. The topological polar surface area (TPSA) is 78.7 Å². The van der Waals surface area contributed by atoms with Crippen molar-refractivity contribution >= 4 is 40.6 Å². The molecule has 1 N–H and O–H groups in total. The number of aromatic nitrogens is 2. The van der Waals surface area contributed by atoms with Crippen LogP contribution in [0.1, 0.15) is 5.69 Å². The minimum absolute atomic E-state index is 0.121. The van der Waals surface area contributed by atoms with Gasteiger partial charge in [0, 0.05) is 17.3 Å². The monoisotopic (exact) mass is 384 g/mol. The van der Waals surface area contributed by atoms with E-state index in [2.05, 4.69) is 15.3 Å². The van der Waals surface area contributed by atoms with Gasteiger partial charge in [-0.25, -0.2) is 9.37 Å². The van der Waals surface area contributed by atoms with Gasteiger partial charge in [0.2, 0.25) is 0 Å². The Balaban J connectivity index is 1.80. The van der Waals surface area contributed by atoms with Crippen LogP contribution in [0.25, 0.3) is 16.8 Å². The van der Waals surface area contributed by atoms with Crippen molar-refractivity contribution in [3.63, 3.8) is 0 Å². The van der Waals surface area contributed by atoms with E-state index in [1.165, 1.54) is 29.5 Å². The van der Waals surface area contributed by atoms with E-state index >= 15 is 0 Å². The molecule has 0 spiro atoms. The number of anilines is 1. The summed E-state index contributed by atoms with van der Waals surface area (Å²) in [6, 6.07) is 11.1. The van der Waals surface area contributed by atoms with Crippen LogP contribution in [0.2, 0.25) is 5.02 Å². The lowest BCUT2D eigenvalue weighted by Gasteiger charge is -2.04. The van der Waals surface area contributed by atoms with Gasteiger partial charge in [-0.2, -0.15) is 5.26 Å². The third-order valence-corrected chi connectivity index (χ3v) is 4.41. The molecule has 1 amide bonds. The fourth-order valence-corrected chi connectivity index (χ4v) is 2.96. The molecule has 3 aromatic rings. The molecule has 5 nitrogen and oxygen atoms in total. The number of halogens is 2. The van der Waals surface area contributed by atoms with Crippen molar-refractivity contribution in [3.8, 4) is 16.8 Å². The molecule has 0 aliphatic heterocycles. The molecule has 2 heterocycles. The van der Waals surface area contributed by atoms with Crippen molar-refractivity contribution in [2.45, 2.75) is 0 Å². The molecule has 0 bridgehead atoms. The summed E-state index contributed by atoms with van der Waals surface area (Å²) in [7, 11) is 0. The lowest BCUT2D eigenvalue weighted by Crippen LogP contribution is -2.13. The molecule has 0 saturated heterocycles. The van der Waals surface area contributed by atoms with Crippen LogP contribution in [0.15, 0.2) is 53.5 Å². The number of carbonyl (C=O) groups excluding carboxylic acids is 1. The summed E-state index contributed by atoms with van der Waals surface area (Å²) >= 11 is 7.04. The van der Waals surface area contributed by atoms with Crippen LogP contribution in [-0.4, -0.2) is 15.9 Å². The van der Waals surface area contributed by atoms with Crippen LogP contribution in [-0.2, 0) is 4.79 Å². The molecule has 0 aliphatic carbocycles. The summed E-state index contributed by atoms with van der Waals surface area (Å²) in [6.07, 6.45) is 3.04. The SMILES string of the molecule is N#CC(=Cc1csc(-c2ccccn2)n1)C(=O)Nc1ccc(F)c(Cl)c1. The summed E-state index contributed by atoms with van der Waals surface area (Å²) in [5.41, 5.74) is 1.33. The molecule has 26 heavy (non-hydrogen) atoms. The number of hydrogen-bond donors (Lipinski definition) is 1. The molecule has 0 fully saturated rings. The van der Waals surface area contributed by atoms with Gasteiger partial charge in [-0.15, -0.1) is 11.3 Å². The Kier molecular flexibility index (Phi) is 5.37. The third kappa shape index (κ3) is 4.11. The predicted octanol–water partition coefficient (Wildman–Crippen LogP) is 4.54. The van der Waals surface area contributed by atoms with Gasteiger partial charge in [-0.3, -0.25) is 9.78 Å². The fraction of sp³-hybridized carbons (Fsp3) is 0. The normalized spacial score (nSPS) is 11.0. The number of pyridine rings is 1. The van der Waals surface area contributed by atoms with Crippen molar-refractivity contribution < 1.29 is 9.18 Å². The van der Waals surface area contributed by atoms with Gasteiger partial charge in [0.15, 0.2) is 0 Å². The van der Waals surface area contributed by atoms with Crippen molar-refractivity contribution in [2.24, 2.45) is 0 Å². The molecule has 0 aliphatic rings. The predicted molar refractivity (Wildman–Crippen MR) is 99.0 cm³/mol. The highest BCUT2D eigenvalue weighted by atomic mass is 35.5. The molecule has 0 radical (unpaired) electrons. The highest BCUT2D eigenvalue weighted by Gasteiger charge is 2.12.